The summed E-state index contributed by atoms with van der Waals surface area (Å²) in [5, 5.41) is 0. The Labute approximate surface area is 159 Å². The number of benzene rings is 1. The molecule has 0 unspecified atom stereocenters. The zero-order valence-electron chi connectivity index (χ0n) is 14.5. The van der Waals surface area contributed by atoms with Crippen LogP contribution >= 0.6 is 15.9 Å². The normalized spacial score (nSPS) is 16.6. The lowest BCUT2D eigenvalue weighted by Gasteiger charge is -2.30. The third-order valence-electron chi connectivity index (χ3n) is 4.34. The van der Waals surface area contributed by atoms with Gasteiger partial charge in [-0.1, -0.05) is 0 Å². The number of hydrogen-bond donors (Lipinski definition) is 0. The fraction of sp³-hybridized carbons (Fsp3) is 0.562. The van der Waals surface area contributed by atoms with Crippen LogP contribution in [0.3, 0.4) is 0 Å². The first kappa shape index (κ1) is 21.2. The number of alkyl halides is 3. The van der Waals surface area contributed by atoms with Crippen LogP contribution in [0.2, 0.25) is 0 Å². The maximum absolute atomic E-state index is 13.0. The lowest BCUT2D eigenvalue weighted by atomic mass is 10.1. The predicted octanol–water partition coefficient (Wildman–Crippen LogP) is 3.50. The second-order valence-corrected chi connectivity index (χ2v) is 9.53. The number of nitrogens with zero attached hydrogens (tertiary/aromatic N) is 2. The monoisotopic (exact) mass is 456 g/mol. The highest BCUT2D eigenvalue weighted by atomic mass is 79.9. The van der Waals surface area contributed by atoms with Crippen LogP contribution in [0.1, 0.15) is 30.1 Å². The van der Waals surface area contributed by atoms with E-state index in [1.54, 1.807) is 6.92 Å². The van der Waals surface area contributed by atoms with E-state index in [9.17, 15) is 26.4 Å². The van der Waals surface area contributed by atoms with E-state index in [1.165, 1.54) is 26.2 Å². The first-order valence-corrected chi connectivity index (χ1v) is 10.2. The van der Waals surface area contributed by atoms with Crippen LogP contribution in [0.5, 0.6) is 0 Å². The molecule has 2 rings (SSSR count). The van der Waals surface area contributed by atoms with Gasteiger partial charge in [0.25, 0.3) is 5.91 Å². The molecule has 1 aromatic rings. The Balaban J connectivity index is 2.42. The van der Waals surface area contributed by atoms with Crippen LogP contribution in [0.4, 0.5) is 13.2 Å². The van der Waals surface area contributed by atoms with Gasteiger partial charge in [-0.25, -0.2) is 12.7 Å². The lowest BCUT2D eigenvalue weighted by Crippen LogP contribution is -2.45. The third-order valence-corrected chi connectivity index (χ3v) is 7.15. The van der Waals surface area contributed by atoms with Crippen molar-refractivity contribution >= 4 is 31.9 Å². The molecule has 0 aliphatic heterocycles. The molecule has 26 heavy (non-hydrogen) atoms. The first-order valence-electron chi connectivity index (χ1n) is 7.94. The Kier molecular flexibility index (Phi) is 6.09. The number of amides is 1. The van der Waals surface area contributed by atoms with Gasteiger partial charge in [0.2, 0.25) is 10.0 Å². The van der Waals surface area contributed by atoms with Gasteiger partial charge >= 0.3 is 6.18 Å². The van der Waals surface area contributed by atoms with E-state index in [4.69, 9.17) is 0 Å². The van der Waals surface area contributed by atoms with Crippen molar-refractivity contribution < 1.29 is 26.4 Å². The molecule has 0 spiro atoms. The van der Waals surface area contributed by atoms with Gasteiger partial charge in [-0.05, 0) is 59.8 Å². The molecule has 0 saturated heterocycles. The molecule has 1 aliphatic carbocycles. The third kappa shape index (κ3) is 4.77. The molecule has 1 amide bonds. The first-order chi connectivity index (χ1) is 11.8. The molecule has 10 heteroatoms. The van der Waals surface area contributed by atoms with Crippen molar-refractivity contribution in [2.45, 2.75) is 36.9 Å². The average molecular weight is 457 g/mol. The molecular formula is C16H20BrF3N2O3S. The van der Waals surface area contributed by atoms with E-state index < -0.39 is 34.7 Å². The molecule has 1 aromatic carbocycles. The largest absolute Gasteiger partial charge is 0.406 e. The molecule has 1 saturated carbocycles. The number of carbonyl (C=O) groups excluding carboxylic acids is 1. The van der Waals surface area contributed by atoms with Gasteiger partial charge in [0.1, 0.15) is 6.54 Å². The smallest absolute Gasteiger partial charge is 0.327 e. The van der Waals surface area contributed by atoms with Crippen LogP contribution in [-0.2, 0) is 10.0 Å². The molecule has 0 N–H and O–H groups in total. The van der Waals surface area contributed by atoms with Gasteiger partial charge in [0, 0.05) is 30.2 Å². The molecule has 1 atom stereocenters. The Hall–Kier alpha value is -1.13. The summed E-state index contributed by atoms with van der Waals surface area (Å²) in [7, 11) is -1.19. The summed E-state index contributed by atoms with van der Waals surface area (Å²) in [5.41, 5.74) is -0.0922. The van der Waals surface area contributed by atoms with Crippen LogP contribution in [0, 0.1) is 5.92 Å². The molecule has 0 radical (unpaired) electrons. The highest BCUT2D eigenvalue weighted by Crippen LogP contribution is 2.37. The van der Waals surface area contributed by atoms with E-state index in [0.717, 1.165) is 28.1 Å². The second kappa shape index (κ2) is 7.47. The Morgan fingerprint density at radius 2 is 1.88 bits per heavy atom. The summed E-state index contributed by atoms with van der Waals surface area (Å²) in [4.78, 5) is 13.4. The predicted molar refractivity (Wildman–Crippen MR) is 94.3 cm³/mol. The summed E-state index contributed by atoms with van der Waals surface area (Å²) < 4.78 is 64.8. The molecule has 5 nitrogen and oxygen atoms in total. The number of rotatable bonds is 6. The average Bonchev–Trinajstić information content (AvgIpc) is 3.35. The Morgan fingerprint density at radius 1 is 1.31 bits per heavy atom. The van der Waals surface area contributed by atoms with Gasteiger partial charge in [-0.2, -0.15) is 13.2 Å². The van der Waals surface area contributed by atoms with Crippen molar-refractivity contribution in [2.24, 2.45) is 5.92 Å². The highest BCUT2D eigenvalue weighted by Gasteiger charge is 2.41. The SMILES string of the molecule is C[C@H](C1CC1)N(CC(F)(F)F)C(=O)c1ccc(Br)c(S(=O)(=O)N(C)C)c1. The Morgan fingerprint density at radius 3 is 2.35 bits per heavy atom. The fourth-order valence-corrected chi connectivity index (χ4v) is 4.47. The fourth-order valence-electron chi connectivity index (χ4n) is 2.62. The topological polar surface area (TPSA) is 57.7 Å². The summed E-state index contributed by atoms with van der Waals surface area (Å²) in [5.74, 6) is -0.786. The van der Waals surface area contributed by atoms with Crippen molar-refractivity contribution in [3.05, 3.63) is 28.2 Å². The van der Waals surface area contributed by atoms with Crippen LogP contribution in [0.25, 0.3) is 0 Å². The van der Waals surface area contributed by atoms with Crippen molar-refractivity contribution in [1.29, 1.82) is 0 Å². The van der Waals surface area contributed by atoms with Crippen molar-refractivity contribution in [3.8, 4) is 0 Å². The number of hydrogen-bond acceptors (Lipinski definition) is 3. The molecule has 0 bridgehead atoms. The van der Waals surface area contributed by atoms with Crippen molar-refractivity contribution in [1.82, 2.24) is 9.21 Å². The highest BCUT2D eigenvalue weighted by molar-refractivity contribution is 9.10. The molecule has 146 valence electrons. The van der Waals surface area contributed by atoms with Gasteiger partial charge in [-0.15, -0.1) is 0 Å². The number of carbonyl (C=O) groups is 1. The zero-order valence-corrected chi connectivity index (χ0v) is 16.9. The standard InChI is InChI=1S/C16H20BrF3N2O3S/c1-10(11-4-5-11)22(9-16(18,19)20)15(23)12-6-7-13(17)14(8-12)26(24,25)21(2)3/h6-8,10-11H,4-5,9H2,1-3H3/t10-/m1/s1. The molecule has 1 fully saturated rings. The van der Waals surface area contributed by atoms with Gasteiger partial charge in [0.05, 0.1) is 4.90 Å². The van der Waals surface area contributed by atoms with E-state index in [1.807, 2.05) is 0 Å². The molecule has 1 aliphatic rings. The van der Waals surface area contributed by atoms with Gasteiger partial charge in [-0.3, -0.25) is 4.79 Å². The van der Waals surface area contributed by atoms with Crippen LogP contribution < -0.4 is 0 Å². The van der Waals surface area contributed by atoms with Crippen LogP contribution in [-0.4, -0.2) is 56.4 Å². The maximum atomic E-state index is 13.0. The summed E-state index contributed by atoms with van der Waals surface area (Å²) in [6.07, 6.45) is -2.97. The van der Waals surface area contributed by atoms with E-state index in [2.05, 4.69) is 15.9 Å². The van der Waals surface area contributed by atoms with Gasteiger partial charge < -0.3 is 4.90 Å². The minimum atomic E-state index is -4.54. The summed E-state index contributed by atoms with van der Waals surface area (Å²) >= 11 is 3.12. The zero-order chi connectivity index (χ0) is 19.9. The van der Waals surface area contributed by atoms with Crippen molar-refractivity contribution in [3.63, 3.8) is 0 Å². The Bertz CT molecular complexity index is 792. The van der Waals surface area contributed by atoms with E-state index >= 15 is 0 Å². The summed E-state index contributed by atoms with van der Waals surface area (Å²) in [6, 6.07) is 3.23. The molecule has 0 heterocycles. The minimum absolute atomic E-state index is 0.0433. The molecule has 0 aromatic heterocycles. The molecular weight excluding hydrogens is 437 g/mol. The van der Waals surface area contributed by atoms with E-state index in [0.29, 0.717) is 0 Å². The van der Waals surface area contributed by atoms with Gasteiger partial charge in [0.15, 0.2) is 0 Å². The van der Waals surface area contributed by atoms with E-state index in [-0.39, 0.29) is 20.8 Å². The lowest BCUT2D eigenvalue weighted by molar-refractivity contribution is -0.144. The van der Waals surface area contributed by atoms with Crippen molar-refractivity contribution in [2.75, 3.05) is 20.6 Å². The summed E-state index contributed by atoms with van der Waals surface area (Å²) in [6.45, 7) is 0.229. The van der Waals surface area contributed by atoms with Crippen LogP contribution in [0.15, 0.2) is 27.6 Å². The quantitative estimate of drug-likeness (QED) is 0.657. The minimum Gasteiger partial charge on any atom is -0.327 e. The second-order valence-electron chi connectivity index (χ2n) is 6.56. The maximum Gasteiger partial charge on any atom is 0.406 e. The number of halogens is 4. The number of sulfonamides is 1.